The second kappa shape index (κ2) is 5.86. The third-order valence-electron chi connectivity index (χ3n) is 2.22. The zero-order valence-electron chi connectivity index (χ0n) is 8.83. The Hall–Kier alpha value is -0.760. The lowest BCUT2D eigenvalue weighted by atomic mass is 10.2. The number of hydrogen-bond acceptors (Lipinski definition) is 2. The minimum absolute atomic E-state index is 0.711. The van der Waals surface area contributed by atoms with E-state index in [0.29, 0.717) is 5.88 Å². The number of nitrogens with zero attached hydrogens (tertiary/aromatic N) is 2. The van der Waals surface area contributed by atoms with E-state index in [1.165, 1.54) is 5.56 Å². The van der Waals surface area contributed by atoms with Gasteiger partial charge in [-0.2, -0.15) is 0 Å². The number of anilines is 1. The first kappa shape index (κ1) is 11.3. The predicted molar refractivity (Wildman–Crippen MR) is 62.2 cm³/mol. The molecule has 0 fully saturated rings. The van der Waals surface area contributed by atoms with Gasteiger partial charge in [-0.25, -0.2) is 4.98 Å². The third-order valence-corrected chi connectivity index (χ3v) is 2.49. The molecule has 14 heavy (non-hydrogen) atoms. The van der Waals surface area contributed by atoms with E-state index < -0.39 is 0 Å². The molecule has 0 aromatic carbocycles. The van der Waals surface area contributed by atoms with Gasteiger partial charge in [0.25, 0.3) is 0 Å². The van der Waals surface area contributed by atoms with Crippen LogP contribution in [0.1, 0.15) is 18.9 Å². The lowest BCUT2D eigenvalue weighted by Gasteiger charge is -2.22. The molecule has 0 amide bonds. The Balaban J connectivity index is 2.73. The lowest BCUT2D eigenvalue weighted by molar-refractivity contribution is 0.778. The van der Waals surface area contributed by atoms with Gasteiger partial charge in [-0.1, -0.05) is 6.07 Å². The summed E-state index contributed by atoms with van der Waals surface area (Å²) in [5.74, 6) is 1.79. The molecule has 0 saturated heterocycles. The molecule has 1 rings (SSSR count). The molecule has 0 spiro atoms. The quantitative estimate of drug-likeness (QED) is 0.698. The van der Waals surface area contributed by atoms with Crippen LogP contribution in [0, 0.1) is 6.92 Å². The zero-order valence-corrected chi connectivity index (χ0v) is 9.59. The van der Waals surface area contributed by atoms with Crippen LogP contribution in [-0.2, 0) is 0 Å². The molecule has 0 bridgehead atoms. The predicted octanol–water partition coefficient (Wildman–Crippen LogP) is 2.85. The van der Waals surface area contributed by atoms with E-state index in [4.69, 9.17) is 11.6 Å². The largest absolute Gasteiger partial charge is 0.357 e. The van der Waals surface area contributed by atoms with Crippen molar-refractivity contribution in [3.63, 3.8) is 0 Å². The normalized spacial score (nSPS) is 10.2. The van der Waals surface area contributed by atoms with Crippen LogP contribution in [0.4, 0.5) is 5.82 Å². The maximum Gasteiger partial charge on any atom is 0.131 e. The highest BCUT2D eigenvalue weighted by Gasteiger charge is 2.06. The summed E-state index contributed by atoms with van der Waals surface area (Å²) < 4.78 is 0. The van der Waals surface area contributed by atoms with Crippen LogP contribution in [0.5, 0.6) is 0 Å². The van der Waals surface area contributed by atoms with E-state index in [1.54, 1.807) is 0 Å². The van der Waals surface area contributed by atoms with E-state index in [0.717, 1.165) is 25.3 Å². The van der Waals surface area contributed by atoms with Crippen molar-refractivity contribution in [3.8, 4) is 0 Å². The second-order valence-corrected chi connectivity index (χ2v) is 3.64. The molecular weight excluding hydrogens is 196 g/mol. The molecule has 1 heterocycles. The van der Waals surface area contributed by atoms with Crippen molar-refractivity contribution in [2.75, 3.05) is 23.9 Å². The van der Waals surface area contributed by atoms with Crippen molar-refractivity contribution in [3.05, 3.63) is 23.9 Å². The summed E-state index contributed by atoms with van der Waals surface area (Å²) in [6, 6.07) is 4.06. The van der Waals surface area contributed by atoms with Gasteiger partial charge in [0.05, 0.1) is 0 Å². The fraction of sp³-hybridized carbons (Fsp3) is 0.545. The topological polar surface area (TPSA) is 16.1 Å². The summed E-state index contributed by atoms with van der Waals surface area (Å²) in [5.41, 5.74) is 1.23. The average Bonchev–Trinajstić information content (AvgIpc) is 2.21. The minimum atomic E-state index is 0.711. The molecule has 2 nitrogen and oxygen atoms in total. The Labute approximate surface area is 90.9 Å². The van der Waals surface area contributed by atoms with Gasteiger partial charge in [-0.15, -0.1) is 11.6 Å². The number of hydrogen-bond donors (Lipinski definition) is 0. The van der Waals surface area contributed by atoms with Crippen molar-refractivity contribution in [1.29, 1.82) is 0 Å². The van der Waals surface area contributed by atoms with E-state index in [9.17, 15) is 0 Å². The highest BCUT2D eigenvalue weighted by Crippen LogP contribution is 2.15. The molecule has 1 aromatic heterocycles. The van der Waals surface area contributed by atoms with Crippen LogP contribution in [0.3, 0.4) is 0 Å². The van der Waals surface area contributed by atoms with Crippen molar-refractivity contribution in [1.82, 2.24) is 4.98 Å². The van der Waals surface area contributed by atoms with Crippen LogP contribution in [-0.4, -0.2) is 24.0 Å². The molecule has 0 saturated carbocycles. The van der Waals surface area contributed by atoms with Crippen LogP contribution in [0.25, 0.3) is 0 Å². The molecule has 3 heteroatoms. The monoisotopic (exact) mass is 212 g/mol. The summed E-state index contributed by atoms with van der Waals surface area (Å²) in [6.07, 6.45) is 2.84. The van der Waals surface area contributed by atoms with Crippen molar-refractivity contribution in [2.45, 2.75) is 20.3 Å². The number of halogens is 1. The smallest absolute Gasteiger partial charge is 0.131 e. The van der Waals surface area contributed by atoms with Gasteiger partial charge in [-0.05, 0) is 31.9 Å². The van der Waals surface area contributed by atoms with Gasteiger partial charge in [0.1, 0.15) is 5.82 Å². The van der Waals surface area contributed by atoms with Crippen molar-refractivity contribution >= 4 is 17.4 Å². The van der Waals surface area contributed by atoms with Gasteiger partial charge >= 0.3 is 0 Å². The summed E-state index contributed by atoms with van der Waals surface area (Å²) in [6.45, 7) is 6.20. The Morgan fingerprint density at radius 2 is 2.29 bits per heavy atom. The van der Waals surface area contributed by atoms with Crippen molar-refractivity contribution < 1.29 is 0 Å². The lowest BCUT2D eigenvalue weighted by Crippen LogP contribution is -2.25. The van der Waals surface area contributed by atoms with Crippen molar-refractivity contribution in [2.24, 2.45) is 0 Å². The van der Waals surface area contributed by atoms with Gasteiger partial charge < -0.3 is 4.90 Å². The van der Waals surface area contributed by atoms with Gasteiger partial charge in [-0.3, -0.25) is 0 Å². The fourth-order valence-corrected chi connectivity index (χ4v) is 1.59. The molecule has 0 aliphatic carbocycles. The summed E-state index contributed by atoms with van der Waals surface area (Å²) in [7, 11) is 0. The number of aromatic nitrogens is 1. The molecule has 0 radical (unpaired) electrons. The summed E-state index contributed by atoms with van der Waals surface area (Å²) in [5, 5.41) is 0. The van der Waals surface area contributed by atoms with Gasteiger partial charge in [0, 0.05) is 25.2 Å². The fourth-order valence-electron chi connectivity index (χ4n) is 1.47. The van der Waals surface area contributed by atoms with Crippen LogP contribution in [0.2, 0.25) is 0 Å². The molecule has 1 aromatic rings. The standard InChI is InChI=1S/C11H17ClN2/c1-3-14(9-5-7-12)11-10(2)6-4-8-13-11/h4,6,8H,3,5,7,9H2,1-2H3. The Morgan fingerprint density at radius 1 is 1.50 bits per heavy atom. The first-order chi connectivity index (χ1) is 6.79. The Kier molecular flexibility index (Phi) is 4.74. The first-order valence-electron chi connectivity index (χ1n) is 5.02. The number of aryl methyl sites for hydroxylation is 1. The van der Waals surface area contributed by atoms with Crippen LogP contribution in [0.15, 0.2) is 18.3 Å². The van der Waals surface area contributed by atoms with E-state index >= 15 is 0 Å². The average molecular weight is 213 g/mol. The van der Waals surface area contributed by atoms with E-state index in [1.807, 2.05) is 12.3 Å². The van der Waals surface area contributed by atoms with Crippen LogP contribution < -0.4 is 4.90 Å². The van der Waals surface area contributed by atoms with E-state index in [2.05, 4.69) is 29.8 Å². The Morgan fingerprint density at radius 3 is 2.86 bits per heavy atom. The molecular formula is C11H17ClN2. The number of pyridine rings is 1. The van der Waals surface area contributed by atoms with Gasteiger partial charge in [0.2, 0.25) is 0 Å². The second-order valence-electron chi connectivity index (χ2n) is 3.27. The summed E-state index contributed by atoms with van der Waals surface area (Å²) in [4.78, 5) is 6.65. The van der Waals surface area contributed by atoms with E-state index in [-0.39, 0.29) is 0 Å². The minimum Gasteiger partial charge on any atom is -0.357 e. The molecule has 78 valence electrons. The number of rotatable bonds is 5. The number of alkyl halides is 1. The first-order valence-corrected chi connectivity index (χ1v) is 5.55. The highest BCUT2D eigenvalue weighted by molar-refractivity contribution is 6.17. The Bertz CT molecular complexity index is 276. The van der Waals surface area contributed by atoms with Gasteiger partial charge in [0.15, 0.2) is 0 Å². The van der Waals surface area contributed by atoms with Crippen LogP contribution >= 0.6 is 11.6 Å². The highest BCUT2D eigenvalue weighted by atomic mass is 35.5. The summed E-state index contributed by atoms with van der Waals surface area (Å²) >= 11 is 5.68. The molecule has 0 N–H and O–H groups in total. The zero-order chi connectivity index (χ0) is 10.4. The molecule has 0 aliphatic rings. The molecule has 0 atom stereocenters. The maximum absolute atomic E-state index is 5.68. The molecule has 0 unspecified atom stereocenters. The SMILES string of the molecule is CCN(CCCCl)c1ncccc1C. The maximum atomic E-state index is 5.68. The third kappa shape index (κ3) is 2.88. The molecule has 0 aliphatic heterocycles.